The van der Waals surface area contributed by atoms with E-state index in [0.29, 0.717) is 11.3 Å². The normalized spacial score (nSPS) is 10.6. The number of phenols is 1. The van der Waals surface area contributed by atoms with E-state index in [0.717, 1.165) is 12.1 Å². The number of hydrogen-bond donors (Lipinski definition) is 3. The van der Waals surface area contributed by atoms with Crippen LogP contribution in [0.1, 0.15) is 35.8 Å². The van der Waals surface area contributed by atoms with Crippen molar-refractivity contribution in [3.8, 4) is 5.75 Å². The van der Waals surface area contributed by atoms with E-state index in [9.17, 15) is 20.0 Å². The number of benzene rings is 1. The monoisotopic (exact) mass is 290 g/mol. The average molecular weight is 290 g/mol. The van der Waals surface area contributed by atoms with Crippen molar-refractivity contribution < 1.29 is 14.8 Å². The van der Waals surface area contributed by atoms with E-state index in [1.807, 2.05) is 13.8 Å². The number of aromatic hydroxyl groups is 1. The Morgan fingerprint density at radius 1 is 1.48 bits per heavy atom. The van der Waals surface area contributed by atoms with Gasteiger partial charge in [0.1, 0.15) is 0 Å². The van der Waals surface area contributed by atoms with Gasteiger partial charge in [0.15, 0.2) is 5.75 Å². The van der Waals surface area contributed by atoms with Crippen LogP contribution in [0.2, 0.25) is 0 Å². The molecule has 1 aromatic heterocycles. The number of anilines is 1. The first kappa shape index (κ1) is 14.5. The maximum Gasteiger partial charge on any atom is 0.312 e. The van der Waals surface area contributed by atoms with E-state index in [1.54, 1.807) is 0 Å². The molecule has 0 aliphatic carbocycles. The van der Waals surface area contributed by atoms with Crippen LogP contribution in [0.15, 0.2) is 24.4 Å². The topological polar surface area (TPSA) is 121 Å². The Morgan fingerprint density at radius 3 is 2.81 bits per heavy atom. The zero-order valence-corrected chi connectivity index (χ0v) is 11.5. The number of carbonyl (C=O) groups excluding carboxylic acids is 1. The summed E-state index contributed by atoms with van der Waals surface area (Å²) in [6.45, 7) is 3.82. The Labute approximate surface area is 120 Å². The number of aromatic amines is 1. The molecule has 3 N–H and O–H groups in total. The molecule has 2 aromatic rings. The van der Waals surface area contributed by atoms with Crippen LogP contribution < -0.4 is 5.32 Å². The Kier molecular flexibility index (Phi) is 3.88. The van der Waals surface area contributed by atoms with Crippen molar-refractivity contribution in [1.29, 1.82) is 0 Å². The molecule has 21 heavy (non-hydrogen) atoms. The number of H-pyrrole nitrogens is 1. The summed E-state index contributed by atoms with van der Waals surface area (Å²) in [6.07, 6.45) is 1.40. The van der Waals surface area contributed by atoms with Crippen LogP contribution in [0, 0.1) is 10.1 Å². The predicted molar refractivity (Wildman–Crippen MR) is 75.4 cm³/mol. The van der Waals surface area contributed by atoms with Gasteiger partial charge in [0.2, 0.25) is 0 Å². The first-order valence-corrected chi connectivity index (χ1v) is 6.22. The SMILES string of the molecule is CC(C)c1[nH]ncc1C(=O)Nc1ccc(O)c([N+](=O)[O-])c1. The van der Waals surface area contributed by atoms with Gasteiger partial charge in [-0.15, -0.1) is 0 Å². The summed E-state index contributed by atoms with van der Waals surface area (Å²) in [6, 6.07) is 3.64. The zero-order chi connectivity index (χ0) is 15.6. The van der Waals surface area contributed by atoms with Crippen LogP contribution in [0.5, 0.6) is 5.75 Å². The molecule has 1 amide bonds. The summed E-state index contributed by atoms with van der Waals surface area (Å²) in [7, 11) is 0. The van der Waals surface area contributed by atoms with Crippen molar-refractivity contribution >= 4 is 17.3 Å². The van der Waals surface area contributed by atoms with E-state index >= 15 is 0 Å². The first-order chi connectivity index (χ1) is 9.90. The standard InChI is InChI=1S/C13H14N4O4/c1-7(2)12-9(6-14-16-12)13(19)15-8-3-4-11(18)10(5-8)17(20)21/h3-7,18H,1-2H3,(H,14,16)(H,15,19). The fourth-order valence-corrected chi connectivity index (χ4v) is 1.86. The van der Waals surface area contributed by atoms with Crippen LogP contribution in [0.3, 0.4) is 0 Å². The molecule has 110 valence electrons. The lowest BCUT2D eigenvalue weighted by Gasteiger charge is -2.08. The molecular formula is C13H14N4O4. The molecule has 2 rings (SSSR count). The number of carbonyl (C=O) groups is 1. The zero-order valence-electron chi connectivity index (χ0n) is 11.5. The molecule has 8 nitrogen and oxygen atoms in total. The molecule has 0 radical (unpaired) electrons. The minimum absolute atomic E-state index is 0.0856. The van der Waals surface area contributed by atoms with Crippen LogP contribution in [-0.2, 0) is 0 Å². The third-order valence-electron chi connectivity index (χ3n) is 2.92. The molecule has 0 spiro atoms. The maximum atomic E-state index is 12.2. The molecule has 0 atom stereocenters. The lowest BCUT2D eigenvalue weighted by molar-refractivity contribution is -0.385. The minimum atomic E-state index is -0.720. The van der Waals surface area contributed by atoms with Crippen molar-refractivity contribution in [3.05, 3.63) is 45.8 Å². The molecule has 0 fully saturated rings. The van der Waals surface area contributed by atoms with Crippen LogP contribution in [0.4, 0.5) is 11.4 Å². The highest BCUT2D eigenvalue weighted by molar-refractivity contribution is 6.05. The summed E-state index contributed by atoms with van der Waals surface area (Å²) in [5.41, 5.74) is 0.811. The van der Waals surface area contributed by atoms with Crippen molar-refractivity contribution in [2.24, 2.45) is 0 Å². The van der Waals surface area contributed by atoms with Crippen LogP contribution in [0.25, 0.3) is 0 Å². The van der Waals surface area contributed by atoms with Crippen molar-refractivity contribution in [2.45, 2.75) is 19.8 Å². The Morgan fingerprint density at radius 2 is 2.19 bits per heavy atom. The Hall–Kier alpha value is -2.90. The fraction of sp³-hybridized carbons (Fsp3) is 0.231. The lowest BCUT2D eigenvalue weighted by Crippen LogP contribution is -2.13. The smallest absolute Gasteiger partial charge is 0.312 e. The van der Waals surface area contributed by atoms with Gasteiger partial charge in [-0.3, -0.25) is 20.0 Å². The van der Waals surface area contributed by atoms with Gasteiger partial charge in [-0.05, 0) is 18.1 Å². The maximum absolute atomic E-state index is 12.2. The van der Waals surface area contributed by atoms with Gasteiger partial charge in [0.25, 0.3) is 5.91 Å². The second-order valence-corrected chi connectivity index (χ2v) is 4.77. The lowest BCUT2D eigenvalue weighted by atomic mass is 10.1. The molecule has 0 saturated carbocycles. The van der Waals surface area contributed by atoms with Crippen molar-refractivity contribution in [3.63, 3.8) is 0 Å². The number of nitrogens with one attached hydrogen (secondary N) is 2. The number of aromatic nitrogens is 2. The number of hydrogen-bond acceptors (Lipinski definition) is 5. The molecular weight excluding hydrogens is 276 g/mol. The largest absolute Gasteiger partial charge is 0.502 e. The van der Waals surface area contributed by atoms with E-state index in [-0.39, 0.29) is 11.6 Å². The molecule has 0 bridgehead atoms. The van der Waals surface area contributed by atoms with Gasteiger partial charge < -0.3 is 10.4 Å². The van der Waals surface area contributed by atoms with Crippen LogP contribution in [-0.4, -0.2) is 26.1 Å². The highest BCUT2D eigenvalue weighted by Gasteiger charge is 2.18. The molecule has 0 aliphatic rings. The minimum Gasteiger partial charge on any atom is -0.502 e. The van der Waals surface area contributed by atoms with Gasteiger partial charge in [0.05, 0.1) is 22.4 Å². The summed E-state index contributed by atoms with van der Waals surface area (Å²) in [5.74, 6) is -0.793. The number of nitrogens with zero attached hydrogens (tertiary/aromatic N) is 2. The number of amides is 1. The third-order valence-corrected chi connectivity index (χ3v) is 2.92. The number of phenolic OH excluding ortho intramolecular Hbond substituents is 1. The van der Waals surface area contributed by atoms with Crippen molar-refractivity contribution in [1.82, 2.24) is 10.2 Å². The first-order valence-electron chi connectivity index (χ1n) is 6.22. The Balaban J connectivity index is 2.26. The highest BCUT2D eigenvalue weighted by atomic mass is 16.6. The third kappa shape index (κ3) is 2.99. The molecule has 0 saturated heterocycles. The van der Waals surface area contributed by atoms with Crippen molar-refractivity contribution in [2.75, 3.05) is 5.32 Å². The van der Waals surface area contributed by atoms with E-state index in [2.05, 4.69) is 15.5 Å². The second kappa shape index (κ2) is 5.61. The Bertz CT molecular complexity index is 693. The summed E-state index contributed by atoms with van der Waals surface area (Å²) in [5, 5.41) is 29.3. The molecule has 1 aromatic carbocycles. The number of nitro groups is 1. The number of rotatable bonds is 4. The van der Waals surface area contributed by atoms with Crippen LogP contribution >= 0.6 is 0 Å². The second-order valence-electron chi connectivity index (χ2n) is 4.77. The average Bonchev–Trinajstić information content (AvgIpc) is 2.90. The quantitative estimate of drug-likeness (QED) is 0.453. The molecule has 1 heterocycles. The van der Waals surface area contributed by atoms with E-state index in [1.165, 1.54) is 12.3 Å². The van der Waals surface area contributed by atoms with Gasteiger partial charge >= 0.3 is 5.69 Å². The molecule has 0 unspecified atom stereocenters. The predicted octanol–water partition coefficient (Wildman–Crippen LogP) is 2.40. The van der Waals surface area contributed by atoms with E-state index < -0.39 is 22.3 Å². The van der Waals surface area contributed by atoms with Gasteiger partial charge in [-0.25, -0.2) is 0 Å². The van der Waals surface area contributed by atoms with Gasteiger partial charge in [-0.1, -0.05) is 13.8 Å². The van der Waals surface area contributed by atoms with E-state index in [4.69, 9.17) is 0 Å². The summed E-state index contributed by atoms with van der Waals surface area (Å²) in [4.78, 5) is 22.2. The fourth-order valence-electron chi connectivity index (χ4n) is 1.86. The highest BCUT2D eigenvalue weighted by Crippen LogP contribution is 2.29. The van der Waals surface area contributed by atoms with Gasteiger partial charge in [0, 0.05) is 11.8 Å². The van der Waals surface area contributed by atoms with Gasteiger partial charge in [-0.2, -0.15) is 5.10 Å². The summed E-state index contributed by atoms with van der Waals surface area (Å²) >= 11 is 0. The summed E-state index contributed by atoms with van der Waals surface area (Å²) < 4.78 is 0. The molecule has 8 heteroatoms. The number of nitro benzene ring substituents is 1. The molecule has 0 aliphatic heterocycles.